The van der Waals surface area contributed by atoms with Crippen LogP contribution in [-0.2, 0) is 4.79 Å². The molecule has 0 spiro atoms. The average Bonchev–Trinajstić information content (AvgIpc) is 2.34. The first kappa shape index (κ1) is 5.89. The van der Waals surface area contributed by atoms with Gasteiger partial charge in [0.25, 0.3) is 0 Å². The lowest BCUT2D eigenvalue weighted by Gasteiger charge is -2.20. The molecule has 0 bridgehead atoms. The van der Waals surface area contributed by atoms with Crippen LogP contribution >= 0.6 is 0 Å². The maximum absolute atomic E-state index is 11.0. The summed E-state index contributed by atoms with van der Waals surface area (Å²) in [6.07, 6.45) is 3.46. The van der Waals surface area contributed by atoms with E-state index < -0.39 is 0 Å². The Bertz CT molecular complexity index is 198. The molecule has 0 saturated carbocycles. The van der Waals surface area contributed by atoms with E-state index in [0.717, 1.165) is 31.8 Å². The molecule has 0 aromatic rings. The number of aliphatic imine (C=N–C) groups is 1. The van der Waals surface area contributed by atoms with E-state index in [2.05, 4.69) is 4.99 Å². The lowest BCUT2D eigenvalue weighted by molar-refractivity contribution is -0.122. The fourth-order valence-electron chi connectivity index (χ4n) is 1.35. The number of nitrogens with zero attached hydrogens (tertiary/aromatic N) is 2. The van der Waals surface area contributed by atoms with Crippen molar-refractivity contribution in [3.05, 3.63) is 6.42 Å². The Kier molecular flexibility index (Phi) is 1.22. The van der Waals surface area contributed by atoms with Gasteiger partial charge in [-0.05, 0) is 6.42 Å². The van der Waals surface area contributed by atoms with E-state index in [1.165, 1.54) is 0 Å². The normalized spacial score (nSPS) is 24.6. The molecule has 2 aliphatic heterocycles. The Morgan fingerprint density at radius 1 is 1.60 bits per heavy atom. The summed E-state index contributed by atoms with van der Waals surface area (Å²) in [6, 6.07) is 0. The summed E-state index contributed by atoms with van der Waals surface area (Å²) in [4.78, 5) is 17.0. The van der Waals surface area contributed by atoms with Crippen LogP contribution in [0.4, 0.5) is 0 Å². The molecule has 2 heterocycles. The minimum atomic E-state index is 0.137. The highest BCUT2D eigenvalue weighted by Gasteiger charge is 2.28. The van der Waals surface area contributed by atoms with Crippen molar-refractivity contribution in [2.24, 2.45) is 4.99 Å². The number of rotatable bonds is 0. The zero-order valence-electron chi connectivity index (χ0n) is 5.71. The second kappa shape index (κ2) is 2.08. The standard InChI is InChI=1S/C7H9N2O/c10-7-3-2-6-8-4-1-5-9(6)7/h3H,1-2,4-5H2. The molecule has 1 radical (unpaired) electrons. The zero-order chi connectivity index (χ0) is 6.97. The van der Waals surface area contributed by atoms with Crippen molar-refractivity contribution >= 4 is 11.7 Å². The van der Waals surface area contributed by atoms with Gasteiger partial charge in [0.2, 0.25) is 5.91 Å². The molecule has 0 aliphatic carbocycles. The third-order valence-electron chi connectivity index (χ3n) is 1.87. The minimum absolute atomic E-state index is 0.137. The van der Waals surface area contributed by atoms with Gasteiger partial charge in [-0.25, -0.2) is 0 Å². The topological polar surface area (TPSA) is 32.7 Å². The molecular formula is C7H9N2O. The van der Waals surface area contributed by atoms with Crippen molar-refractivity contribution in [1.29, 1.82) is 0 Å². The summed E-state index contributed by atoms with van der Waals surface area (Å²) < 4.78 is 0. The molecular weight excluding hydrogens is 128 g/mol. The molecule has 3 heteroatoms. The van der Waals surface area contributed by atoms with E-state index in [1.807, 2.05) is 0 Å². The first-order valence-corrected chi connectivity index (χ1v) is 3.56. The van der Waals surface area contributed by atoms with Gasteiger partial charge in [-0.15, -0.1) is 0 Å². The smallest absolute Gasteiger partial charge is 0.232 e. The molecule has 0 aromatic carbocycles. The highest BCUT2D eigenvalue weighted by Crippen LogP contribution is 2.15. The molecule has 2 aliphatic rings. The molecule has 0 atom stereocenters. The maximum Gasteiger partial charge on any atom is 0.232 e. The summed E-state index contributed by atoms with van der Waals surface area (Å²) in [5, 5.41) is 0. The van der Waals surface area contributed by atoms with Crippen molar-refractivity contribution in [2.45, 2.75) is 12.8 Å². The van der Waals surface area contributed by atoms with Gasteiger partial charge in [-0.2, -0.15) is 0 Å². The molecule has 1 saturated heterocycles. The Balaban J connectivity index is 2.25. The summed E-state index contributed by atoms with van der Waals surface area (Å²) in [6.45, 7) is 1.76. The zero-order valence-corrected chi connectivity index (χ0v) is 5.71. The molecule has 0 aromatic heterocycles. The van der Waals surface area contributed by atoms with Crippen LogP contribution < -0.4 is 0 Å². The predicted molar refractivity (Wildman–Crippen MR) is 37.5 cm³/mol. The lowest BCUT2D eigenvalue weighted by atomic mass is 10.3. The van der Waals surface area contributed by atoms with Gasteiger partial charge in [0, 0.05) is 19.5 Å². The van der Waals surface area contributed by atoms with Crippen LogP contribution in [0.15, 0.2) is 4.99 Å². The number of hydrogen-bond donors (Lipinski definition) is 0. The second-order valence-electron chi connectivity index (χ2n) is 2.55. The second-order valence-corrected chi connectivity index (χ2v) is 2.55. The first-order valence-electron chi connectivity index (χ1n) is 3.56. The third-order valence-corrected chi connectivity index (χ3v) is 1.87. The SMILES string of the molecule is O=C1[CH]CC2=NCCCN12. The van der Waals surface area contributed by atoms with E-state index in [1.54, 1.807) is 11.3 Å². The van der Waals surface area contributed by atoms with Crippen LogP contribution in [-0.4, -0.2) is 29.7 Å². The predicted octanol–water partition coefficient (Wildman–Crippen LogP) is 0.225. The van der Waals surface area contributed by atoms with Crippen molar-refractivity contribution in [1.82, 2.24) is 4.90 Å². The molecule has 53 valence electrons. The summed E-state index contributed by atoms with van der Waals surface area (Å²) >= 11 is 0. The Hall–Kier alpha value is -0.860. The van der Waals surface area contributed by atoms with E-state index in [-0.39, 0.29) is 5.91 Å². The molecule has 0 unspecified atom stereocenters. The van der Waals surface area contributed by atoms with Crippen LogP contribution in [0.1, 0.15) is 12.8 Å². The number of carbonyl (C=O) groups excluding carboxylic acids is 1. The fourth-order valence-corrected chi connectivity index (χ4v) is 1.35. The Labute approximate surface area is 59.7 Å². The van der Waals surface area contributed by atoms with Gasteiger partial charge in [-0.3, -0.25) is 9.79 Å². The number of fused-ring (bicyclic) bond motifs is 1. The van der Waals surface area contributed by atoms with E-state index >= 15 is 0 Å². The third kappa shape index (κ3) is 0.735. The summed E-state index contributed by atoms with van der Waals surface area (Å²) in [5.74, 6) is 1.11. The average molecular weight is 137 g/mol. The van der Waals surface area contributed by atoms with Crippen molar-refractivity contribution in [2.75, 3.05) is 13.1 Å². The van der Waals surface area contributed by atoms with Gasteiger partial charge in [0.15, 0.2) is 0 Å². The van der Waals surface area contributed by atoms with Gasteiger partial charge < -0.3 is 4.90 Å². The van der Waals surface area contributed by atoms with Crippen LogP contribution in [0.5, 0.6) is 0 Å². The maximum atomic E-state index is 11.0. The Morgan fingerprint density at radius 3 is 3.30 bits per heavy atom. The van der Waals surface area contributed by atoms with Gasteiger partial charge in [0.05, 0.1) is 6.42 Å². The van der Waals surface area contributed by atoms with Crippen LogP contribution in [0.3, 0.4) is 0 Å². The van der Waals surface area contributed by atoms with Crippen LogP contribution in [0.25, 0.3) is 0 Å². The summed E-state index contributed by atoms with van der Waals surface area (Å²) in [5.41, 5.74) is 0. The quantitative estimate of drug-likeness (QED) is 0.470. The summed E-state index contributed by atoms with van der Waals surface area (Å²) in [7, 11) is 0. The van der Waals surface area contributed by atoms with E-state index in [4.69, 9.17) is 0 Å². The molecule has 0 N–H and O–H groups in total. The van der Waals surface area contributed by atoms with Gasteiger partial charge >= 0.3 is 0 Å². The van der Waals surface area contributed by atoms with Gasteiger partial charge in [-0.1, -0.05) is 0 Å². The fraction of sp³-hybridized carbons (Fsp3) is 0.571. The molecule has 10 heavy (non-hydrogen) atoms. The number of hydrogen-bond acceptors (Lipinski definition) is 2. The van der Waals surface area contributed by atoms with E-state index in [9.17, 15) is 4.79 Å². The van der Waals surface area contributed by atoms with Crippen LogP contribution in [0, 0.1) is 6.42 Å². The Morgan fingerprint density at radius 2 is 2.50 bits per heavy atom. The van der Waals surface area contributed by atoms with Crippen molar-refractivity contribution in [3.63, 3.8) is 0 Å². The molecule has 3 nitrogen and oxygen atoms in total. The monoisotopic (exact) mass is 137 g/mol. The minimum Gasteiger partial charge on any atom is -0.300 e. The first-order chi connectivity index (χ1) is 4.88. The lowest BCUT2D eigenvalue weighted by Crippen LogP contribution is -2.33. The van der Waals surface area contributed by atoms with Crippen LogP contribution in [0.2, 0.25) is 0 Å². The van der Waals surface area contributed by atoms with Crippen molar-refractivity contribution < 1.29 is 4.79 Å². The molecule has 1 amide bonds. The van der Waals surface area contributed by atoms with E-state index in [0.29, 0.717) is 0 Å². The highest BCUT2D eigenvalue weighted by atomic mass is 16.2. The molecule has 2 rings (SSSR count). The molecule has 1 fully saturated rings. The van der Waals surface area contributed by atoms with Crippen molar-refractivity contribution in [3.8, 4) is 0 Å². The number of carbonyl (C=O) groups is 1. The number of amidine groups is 1. The van der Waals surface area contributed by atoms with Gasteiger partial charge in [0.1, 0.15) is 5.84 Å². The largest absolute Gasteiger partial charge is 0.300 e. The number of amides is 1. The highest BCUT2D eigenvalue weighted by molar-refractivity contribution is 6.10.